The van der Waals surface area contributed by atoms with Crippen molar-refractivity contribution in [2.75, 3.05) is 25.1 Å². The molecule has 7 nitrogen and oxygen atoms in total. The number of fused-ring (bicyclic) bond motifs is 1. The van der Waals surface area contributed by atoms with Crippen LogP contribution < -0.4 is 14.8 Å². The molecule has 0 atom stereocenters. The number of halogens is 1. The smallest absolute Gasteiger partial charge is 0.294 e. The van der Waals surface area contributed by atoms with Crippen molar-refractivity contribution in [2.24, 2.45) is 0 Å². The molecule has 0 spiro atoms. The van der Waals surface area contributed by atoms with Gasteiger partial charge in [-0.2, -0.15) is 0 Å². The number of ether oxygens (including phenoxy) is 2. The molecule has 0 radical (unpaired) electrons. The first-order chi connectivity index (χ1) is 14.0. The van der Waals surface area contributed by atoms with Crippen LogP contribution in [-0.4, -0.2) is 41.7 Å². The average Bonchev–Trinajstić information content (AvgIpc) is 2.95. The maximum atomic E-state index is 13.2. The highest BCUT2D eigenvalue weighted by Gasteiger charge is 2.36. The van der Waals surface area contributed by atoms with Crippen LogP contribution >= 0.6 is 11.8 Å². The minimum absolute atomic E-state index is 0.199. The van der Waals surface area contributed by atoms with Crippen molar-refractivity contribution in [3.63, 3.8) is 0 Å². The molecule has 0 bridgehead atoms. The Morgan fingerprint density at radius 2 is 1.93 bits per heavy atom. The quantitative estimate of drug-likeness (QED) is 0.773. The fourth-order valence-electron chi connectivity index (χ4n) is 2.85. The summed E-state index contributed by atoms with van der Waals surface area (Å²) in [5, 5.41) is 1.92. The Bertz CT molecular complexity index is 1040. The van der Waals surface area contributed by atoms with Crippen LogP contribution in [0.2, 0.25) is 0 Å². The van der Waals surface area contributed by atoms with Crippen LogP contribution in [0.1, 0.15) is 5.56 Å². The van der Waals surface area contributed by atoms with Crippen molar-refractivity contribution >= 4 is 40.6 Å². The van der Waals surface area contributed by atoms with Gasteiger partial charge in [0.05, 0.1) is 4.91 Å². The third-order valence-corrected chi connectivity index (χ3v) is 5.06. The number of nitrogens with zero attached hydrogens (tertiary/aromatic N) is 1. The van der Waals surface area contributed by atoms with Crippen molar-refractivity contribution in [3.8, 4) is 11.5 Å². The number of carbonyl (C=O) groups excluding carboxylic acids is 3. The lowest BCUT2D eigenvalue weighted by atomic mass is 10.1. The van der Waals surface area contributed by atoms with E-state index in [0.717, 1.165) is 22.7 Å². The number of hydrogen-bond acceptors (Lipinski definition) is 6. The van der Waals surface area contributed by atoms with E-state index in [1.54, 1.807) is 24.3 Å². The van der Waals surface area contributed by atoms with Crippen LogP contribution in [0.15, 0.2) is 47.4 Å². The number of rotatable bonds is 4. The van der Waals surface area contributed by atoms with Crippen LogP contribution in [0, 0.1) is 5.82 Å². The van der Waals surface area contributed by atoms with Gasteiger partial charge in [0.15, 0.2) is 11.5 Å². The zero-order valence-electron chi connectivity index (χ0n) is 15.0. The average molecular weight is 414 g/mol. The summed E-state index contributed by atoms with van der Waals surface area (Å²) in [6, 6.07) is 10.5. The molecule has 4 rings (SSSR count). The van der Waals surface area contributed by atoms with Gasteiger partial charge in [-0.1, -0.05) is 12.1 Å². The second kappa shape index (κ2) is 7.96. The molecule has 3 amide bonds. The maximum absolute atomic E-state index is 13.2. The molecule has 2 aromatic rings. The second-order valence-electron chi connectivity index (χ2n) is 6.23. The van der Waals surface area contributed by atoms with Crippen LogP contribution in [0.25, 0.3) is 6.08 Å². The molecule has 2 heterocycles. The Labute approximate surface area is 169 Å². The van der Waals surface area contributed by atoms with Gasteiger partial charge in [0.25, 0.3) is 11.1 Å². The molecule has 1 fully saturated rings. The third kappa shape index (κ3) is 4.24. The molecule has 29 heavy (non-hydrogen) atoms. The van der Waals surface area contributed by atoms with Gasteiger partial charge in [-0.25, -0.2) is 4.39 Å². The molecular formula is C20H15FN2O5S. The minimum Gasteiger partial charge on any atom is -0.486 e. The van der Waals surface area contributed by atoms with E-state index in [1.165, 1.54) is 18.2 Å². The highest BCUT2D eigenvalue weighted by molar-refractivity contribution is 8.18. The third-order valence-electron chi connectivity index (χ3n) is 4.15. The minimum atomic E-state index is -0.599. The number of thioether (sulfide) groups is 1. The first-order valence-corrected chi connectivity index (χ1v) is 9.52. The van der Waals surface area contributed by atoms with Crippen molar-refractivity contribution < 1.29 is 28.2 Å². The van der Waals surface area contributed by atoms with E-state index < -0.39 is 29.4 Å². The van der Waals surface area contributed by atoms with Crippen molar-refractivity contribution in [1.29, 1.82) is 0 Å². The fraction of sp³-hybridized carbons (Fsp3) is 0.150. The number of imide groups is 1. The number of nitrogens with one attached hydrogen (secondary N) is 1. The fourth-order valence-corrected chi connectivity index (χ4v) is 3.69. The standard InChI is InChI=1S/C20H15FN2O5S/c21-13-2-1-3-14(10-13)22-18(24)11-23-19(25)17(29-20(23)26)9-12-4-5-15-16(8-12)28-7-6-27-15/h1-5,8-10H,6-7,11H2,(H,22,24)/b17-9+. The molecule has 1 N–H and O–H groups in total. The lowest BCUT2D eigenvalue weighted by Gasteiger charge is -2.18. The summed E-state index contributed by atoms with van der Waals surface area (Å²) in [7, 11) is 0. The number of benzene rings is 2. The number of amides is 3. The van der Waals surface area contributed by atoms with E-state index >= 15 is 0 Å². The zero-order chi connectivity index (χ0) is 20.4. The predicted octanol–water partition coefficient (Wildman–Crippen LogP) is 3.27. The Kier molecular flexibility index (Phi) is 5.22. The summed E-state index contributed by atoms with van der Waals surface area (Å²) in [6.07, 6.45) is 1.56. The Morgan fingerprint density at radius 3 is 2.72 bits per heavy atom. The molecule has 0 unspecified atom stereocenters. The zero-order valence-corrected chi connectivity index (χ0v) is 15.8. The topological polar surface area (TPSA) is 84.9 Å². The van der Waals surface area contributed by atoms with Crippen molar-refractivity contribution in [1.82, 2.24) is 4.90 Å². The Balaban J connectivity index is 1.45. The molecule has 1 saturated heterocycles. The van der Waals surface area contributed by atoms with Gasteiger partial charge in [0.2, 0.25) is 5.91 Å². The maximum Gasteiger partial charge on any atom is 0.294 e. The van der Waals surface area contributed by atoms with E-state index in [4.69, 9.17) is 9.47 Å². The second-order valence-corrected chi connectivity index (χ2v) is 7.22. The lowest BCUT2D eigenvalue weighted by molar-refractivity contribution is -0.127. The van der Waals surface area contributed by atoms with Crippen LogP contribution in [0.5, 0.6) is 11.5 Å². The molecule has 0 aliphatic carbocycles. The van der Waals surface area contributed by atoms with E-state index in [0.29, 0.717) is 30.3 Å². The van der Waals surface area contributed by atoms with Crippen LogP contribution in [-0.2, 0) is 9.59 Å². The van der Waals surface area contributed by atoms with Gasteiger partial charge in [-0.3, -0.25) is 19.3 Å². The van der Waals surface area contributed by atoms with Gasteiger partial charge in [0.1, 0.15) is 25.6 Å². The van der Waals surface area contributed by atoms with Crippen LogP contribution in [0.4, 0.5) is 14.9 Å². The van der Waals surface area contributed by atoms with Gasteiger partial charge in [0, 0.05) is 5.69 Å². The Morgan fingerprint density at radius 1 is 1.14 bits per heavy atom. The van der Waals surface area contributed by atoms with E-state index in [9.17, 15) is 18.8 Å². The lowest BCUT2D eigenvalue weighted by Crippen LogP contribution is -2.36. The first-order valence-electron chi connectivity index (χ1n) is 8.70. The molecule has 9 heteroatoms. The highest BCUT2D eigenvalue weighted by atomic mass is 32.2. The normalized spacial score (nSPS) is 17.0. The molecule has 2 aromatic carbocycles. The summed E-state index contributed by atoms with van der Waals surface area (Å²) in [5.74, 6) is -0.478. The van der Waals surface area contributed by atoms with E-state index in [-0.39, 0.29) is 10.6 Å². The molecule has 0 aromatic heterocycles. The molecule has 2 aliphatic rings. The number of carbonyl (C=O) groups is 3. The SMILES string of the molecule is O=C(CN1C(=O)S/C(=C/c2ccc3c(c2)OCCO3)C1=O)Nc1cccc(F)c1. The summed E-state index contributed by atoms with van der Waals surface area (Å²) < 4.78 is 24.2. The van der Waals surface area contributed by atoms with Gasteiger partial charge >= 0.3 is 0 Å². The van der Waals surface area contributed by atoms with Gasteiger partial charge < -0.3 is 14.8 Å². The molecular weight excluding hydrogens is 399 g/mol. The largest absolute Gasteiger partial charge is 0.486 e. The highest BCUT2D eigenvalue weighted by Crippen LogP contribution is 2.35. The van der Waals surface area contributed by atoms with Gasteiger partial charge in [-0.15, -0.1) is 0 Å². The van der Waals surface area contributed by atoms with Crippen molar-refractivity contribution in [3.05, 3.63) is 58.8 Å². The van der Waals surface area contributed by atoms with E-state index in [2.05, 4.69) is 5.32 Å². The number of anilines is 1. The van der Waals surface area contributed by atoms with Crippen LogP contribution in [0.3, 0.4) is 0 Å². The van der Waals surface area contributed by atoms with Crippen molar-refractivity contribution in [2.45, 2.75) is 0 Å². The summed E-state index contributed by atoms with van der Waals surface area (Å²) in [5.41, 5.74) is 0.915. The summed E-state index contributed by atoms with van der Waals surface area (Å²) in [6.45, 7) is 0.454. The van der Waals surface area contributed by atoms with E-state index in [1.807, 2.05) is 0 Å². The Hall–Kier alpha value is -3.33. The summed E-state index contributed by atoms with van der Waals surface area (Å²) >= 11 is 0.751. The molecule has 148 valence electrons. The molecule has 0 saturated carbocycles. The van der Waals surface area contributed by atoms with Gasteiger partial charge in [-0.05, 0) is 53.7 Å². The predicted molar refractivity (Wildman–Crippen MR) is 105 cm³/mol. The first kappa shape index (κ1) is 19.0. The summed E-state index contributed by atoms with van der Waals surface area (Å²) in [4.78, 5) is 38.0. The number of hydrogen-bond donors (Lipinski definition) is 1. The monoisotopic (exact) mass is 414 g/mol. The molecule has 2 aliphatic heterocycles.